The van der Waals surface area contributed by atoms with Gasteiger partial charge >= 0.3 is 0 Å². The molecule has 0 fully saturated rings. The smallest absolute Gasteiger partial charge is 0.232 e. The van der Waals surface area contributed by atoms with E-state index in [2.05, 4.69) is 15.5 Å². The van der Waals surface area contributed by atoms with Crippen molar-refractivity contribution in [2.45, 2.75) is 12.8 Å². The topological polar surface area (TPSA) is 54.9 Å². The monoisotopic (exact) mass is 355 g/mol. The Bertz CT molecular complexity index is 899. The van der Waals surface area contributed by atoms with Crippen LogP contribution in [0.4, 0.5) is 10.2 Å². The Morgan fingerprint density at radius 1 is 1.04 bits per heavy atom. The molecule has 1 aromatic heterocycles. The molecule has 1 atom stereocenters. The molecule has 0 spiro atoms. The van der Waals surface area contributed by atoms with E-state index in [4.69, 9.17) is 11.6 Å². The summed E-state index contributed by atoms with van der Waals surface area (Å²) in [7, 11) is 0. The Labute approximate surface area is 149 Å². The molecule has 0 saturated heterocycles. The van der Waals surface area contributed by atoms with Crippen molar-refractivity contribution in [2.75, 3.05) is 5.32 Å². The van der Waals surface area contributed by atoms with Gasteiger partial charge in [0.1, 0.15) is 5.82 Å². The third-order valence-electron chi connectivity index (χ3n) is 3.83. The number of benzene rings is 2. The first-order chi connectivity index (χ1) is 12.1. The fourth-order valence-electron chi connectivity index (χ4n) is 2.41. The molecule has 6 heteroatoms. The number of amides is 1. The molecule has 3 aromatic rings. The largest absolute Gasteiger partial charge is 0.309 e. The summed E-state index contributed by atoms with van der Waals surface area (Å²) in [4.78, 5) is 12.4. The second kappa shape index (κ2) is 7.40. The van der Waals surface area contributed by atoms with Crippen molar-refractivity contribution >= 4 is 23.3 Å². The Kier molecular flexibility index (Phi) is 5.05. The lowest BCUT2D eigenvalue weighted by molar-refractivity contribution is -0.117. The van der Waals surface area contributed by atoms with E-state index in [0.717, 1.165) is 5.56 Å². The molecule has 0 aliphatic heterocycles. The number of anilines is 1. The highest BCUT2D eigenvalue weighted by Gasteiger charge is 2.18. The molecule has 0 aliphatic carbocycles. The lowest BCUT2D eigenvalue weighted by Gasteiger charge is -2.13. The highest BCUT2D eigenvalue weighted by molar-refractivity contribution is 6.31. The van der Waals surface area contributed by atoms with Crippen molar-refractivity contribution in [1.29, 1.82) is 0 Å². The number of rotatable bonds is 4. The minimum absolute atomic E-state index is 0.249. The summed E-state index contributed by atoms with van der Waals surface area (Å²) in [6.07, 6.45) is 0. The van der Waals surface area contributed by atoms with Crippen LogP contribution in [-0.2, 0) is 4.79 Å². The zero-order valence-electron chi connectivity index (χ0n) is 13.4. The molecule has 1 heterocycles. The third-order valence-corrected chi connectivity index (χ3v) is 4.17. The molecule has 4 nitrogen and oxygen atoms in total. The molecule has 2 aromatic carbocycles. The van der Waals surface area contributed by atoms with Crippen LogP contribution >= 0.6 is 11.6 Å². The summed E-state index contributed by atoms with van der Waals surface area (Å²) in [5.74, 6) is -0.771. The number of hydrogen-bond donors (Lipinski definition) is 1. The molecular weight excluding hydrogens is 341 g/mol. The number of halogens is 2. The van der Waals surface area contributed by atoms with Crippen LogP contribution in [-0.4, -0.2) is 16.1 Å². The summed E-state index contributed by atoms with van der Waals surface area (Å²) >= 11 is 6.13. The molecule has 1 unspecified atom stereocenters. The van der Waals surface area contributed by atoms with Gasteiger partial charge in [0.15, 0.2) is 5.82 Å². The van der Waals surface area contributed by atoms with Crippen molar-refractivity contribution in [3.05, 3.63) is 77.1 Å². The van der Waals surface area contributed by atoms with Crippen LogP contribution in [0.15, 0.2) is 60.7 Å². The first-order valence-corrected chi connectivity index (χ1v) is 8.08. The first-order valence-electron chi connectivity index (χ1n) is 7.70. The van der Waals surface area contributed by atoms with E-state index in [9.17, 15) is 9.18 Å². The van der Waals surface area contributed by atoms with Gasteiger partial charge in [0.05, 0.1) is 11.6 Å². The van der Waals surface area contributed by atoms with Crippen LogP contribution in [0.1, 0.15) is 18.4 Å². The molecule has 3 rings (SSSR count). The molecule has 25 heavy (non-hydrogen) atoms. The van der Waals surface area contributed by atoms with E-state index in [1.807, 2.05) is 12.1 Å². The van der Waals surface area contributed by atoms with Gasteiger partial charge in [0.25, 0.3) is 0 Å². The number of hydrogen-bond acceptors (Lipinski definition) is 3. The van der Waals surface area contributed by atoms with Crippen LogP contribution in [0.2, 0.25) is 5.02 Å². The predicted molar refractivity (Wildman–Crippen MR) is 95.9 cm³/mol. The summed E-state index contributed by atoms with van der Waals surface area (Å²) in [5, 5.41) is 11.2. The SMILES string of the molecule is CC(C(=O)Nc1ccc(-c2ccccc2F)nn1)c1ccccc1Cl. The Hall–Kier alpha value is -2.79. The summed E-state index contributed by atoms with van der Waals surface area (Å²) in [6, 6.07) is 16.7. The maximum atomic E-state index is 13.8. The van der Waals surface area contributed by atoms with Gasteiger partial charge < -0.3 is 5.32 Å². The van der Waals surface area contributed by atoms with E-state index in [1.54, 1.807) is 49.4 Å². The number of carbonyl (C=O) groups is 1. The minimum atomic E-state index is -0.443. The van der Waals surface area contributed by atoms with Crippen LogP contribution in [0.5, 0.6) is 0 Å². The highest BCUT2D eigenvalue weighted by Crippen LogP contribution is 2.25. The second-order valence-corrected chi connectivity index (χ2v) is 5.92. The second-order valence-electron chi connectivity index (χ2n) is 5.52. The molecule has 0 radical (unpaired) electrons. The standard InChI is InChI=1S/C19H15ClFN3O/c1-12(13-6-2-4-8-15(13)20)19(25)22-18-11-10-17(23-24-18)14-7-3-5-9-16(14)21/h2-12H,1H3,(H,22,24,25). The fourth-order valence-corrected chi connectivity index (χ4v) is 2.71. The predicted octanol–water partition coefficient (Wildman–Crippen LogP) is 4.68. The van der Waals surface area contributed by atoms with Gasteiger partial charge in [-0.2, -0.15) is 0 Å². The maximum Gasteiger partial charge on any atom is 0.232 e. The Morgan fingerprint density at radius 2 is 1.76 bits per heavy atom. The molecule has 1 amide bonds. The first kappa shape index (κ1) is 17.0. The average molecular weight is 356 g/mol. The normalized spacial score (nSPS) is 11.8. The quantitative estimate of drug-likeness (QED) is 0.739. The molecule has 126 valence electrons. The van der Waals surface area contributed by atoms with Crippen molar-refractivity contribution in [1.82, 2.24) is 10.2 Å². The minimum Gasteiger partial charge on any atom is -0.309 e. The number of nitrogens with zero attached hydrogens (tertiary/aromatic N) is 2. The molecule has 0 aliphatic rings. The van der Waals surface area contributed by atoms with E-state index in [-0.39, 0.29) is 11.7 Å². The van der Waals surface area contributed by atoms with Crippen LogP contribution < -0.4 is 5.32 Å². The van der Waals surface area contributed by atoms with E-state index in [0.29, 0.717) is 22.1 Å². The van der Waals surface area contributed by atoms with Crippen LogP contribution in [0.3, 0.4) is 0 Å². The van der Waals surface area contributed by atoms with Crippen molar-refractivity contribution in [3.8, 4) is 11.3 Å². The molecule has 0 bridgehead atoms. The van der Waals surface area contributed by atoms with Gasteiger partial charge in [0, 0.05) is 10.6 Å². The molecular formula is C19H15ClFN3O. The van der Waals surface area contributed by atoms with Crippen molar-refractivity contribution in [2.24, 2.45) is 0 Å². The Balaban J connectivity index is 1.74. The summed E-state index contributed by atoms with van der Waals surface area (Å²) < 4.78 is 13.8. The van der Waals surface area contributed by atoms with Gasteiger partial charge in [-0.25, -0.2) is 4.39 Å². The zero-order chi connectivity index (χ0) is 17.8. The van der Waals surface area contributed by atoms with Crippen molar-refractivity contribution < 1.29 is 9.18 Å². The lowest BCUT2D eigenvalue weighted by atomic mass is 10.0. The summed E-state index contributed by atoms with van der Waals surface area (Å²) in [6.45, 7) is 1.76. The molecule has 0 saturated carbocycles. The number of aromatic nitrogens is 2. The average Bonchev–Trinajstić information content (AvgIpc) is 2.63. The van der Waals surface area contributed by atoms with Gasteiger partial charge in [-0.15, -0.1) is 10.2 Å². The van der Waals surface area contributed by atoms with Gasteiger partial charge in [-0.1, -0.05) is 41.9 Å². The van der Waals surface area contributed by atoms with E-state index < -0.39 is 5.92 Å². The van der Waals surface area contributed by atoms with E-state index in [1.165, 1.54) is 6.07 Å². The summed E-state index contributed by atoms with van der Waals surface area (Å²) in [5.41, 5.74) is 1.49. The number of carbonyl (C=O) groups excluding carboxylic acids is 1. The fraction of sp³-hybridized carbons (Fsp3) is 0.105. The zero-order valence-corrected chi connectivity index (χ0v) is 14.2. The van der Waals surface area contributed by atoms with Gasteiger partial charge in [-0.3, -0.25) is 4.79 Å². The van der Waals surface area contributed by atoms with Gasteiger partial charge in [0.2, 0.25) is 5.91 Å². The Morgan fingerprint density at radius 3 is 2.44 bits per heavy atom. The van der Waals surface area contributed by atoms with Gasteiger partial charge in [-0.05, 0) is 42.8 Å². The van der Waals surface area contributed by atoms with Crippen LogP contribution in [0.25, 0.3) is 11.3 Å². The maximum absolute atomic E-state index is 13.8. The molecule has 1 N–H and O–H groups in total. The highest BCUT2D eigenvalue weighted by atomic mass is 35.5. The number of nitrogens with one attached hydrogen (secondary N) is 1. The van der Waals surface area contributed by atoms with Crippen LogP contribution in [0, 0.1) is 5.82 Å². The van der Waals surface area contributed by atoms with Crippen molar-refractivity contribution in [3.63, 3.8) is 0 Å². The lowest BCUT2D eigenvalue weighted by Crippen LogP contribution is -2.20. The van der Waals surface area contributed by atoms with E-state index >= 15 is 0 Å². The third kappa shape index (κ3) is 3.83.